The molecule has 0 aromatic carbocycles. The Labute approximate surface area is 107 Å². The molecule has 0 spiro atoms. The highest BCUT2D eigenvalue weighted by Crippen LogP contribution is 2.28. The smallest absolute Gasteiger partial charge is 0.149 e. The van der Waals surface area contributed by atoms with Crippen LogP contribution in [0.2, 0.25) is 0 Å². The van der Waals surface area contributed by atoms with Gasteiger partial charge in [0.05, 0.1) is 6.54 Å². The lowest BCUT2D eigenvalue weighted by Crippen LogP contribution is -2.39. The number of carbonyl (C=O) groups excluding carboxylic acids is 1. The van der Waals surface area contributed by atoms with Gasteiger partial charge in [0.25, 0.3) is 0 Å². The molecule has 1 saturated carbocycles. The average molecular weight is 239 g/mol. The van der Waals surface area contributed by atoms with Crippen molar-refractivity contribution in [3.8, 4) is 0 Å². The summed E-state index contributed by atoms with van der Waals surface area (Å²) >= 11 is 0. The molecule has 100 valence electrons. The number of likely N-dealkylation sites (N-methyl/N-ethyl adjacent to an activating group) is 1. The van der Waals surface area contributed by atoms with Crippen molar-refractivity contribution in [2.75, 3.05) is 13.6 Å². The van der Waals surface area contributed by atoms with E-state index in [9.17, 15) is 4.79 Å². The molecule has 0 aliphatic heterocycles. The lowest BCUT2D eigenvalue weighted by atomic mass is 9.84. The van der Waals surface area contributed by atoms with Crippen LogP contribution in [0.15, 0.2) is 0 Å². The summed E-state index contributed by atoms with van der Waals surface area (Å²) in [5, 5.41) is 0. The van der Waals surface area contributed by atoms with Crippen molar-refractivity contribution in [3.63, 3.8) is 0 Å². The van der Waals surface area contributed by atoms with Crippen LogP contribution in [0.4, 0.5) is 0 Å². The van der Waals surface area contributed by atoms with Crippen LogP contribution in [0.3, 0.4) is 0 Å². The quantitative estimate of drug-likeness (QED) is 0.707. The Bertz CT molecular complexity index is 231. The van der Waals surface area contributed by atoms with Crippen molar-refractivity contribution in [2.45, 2.75) is 65.3 Å². The molecule has 0 aromatic heterocycles. The Hall–Kier alpha value is -0.370. The molecule has 0 amide bonds. The van der Waals surface area contributed by atoms with E-state index in [2.05, 4.69) is 25.8 Å². The van der Waals surface area contributed by atoms with E-state index in [1.165, 1.54) is 32.1 Å². The van der Waals surface area contributed by atoms with Gasteiger partial charge >= 0.3 is 0 Å². The van der Waals surface area contributed by atoms with Crippen molar-refractivity contribution >= 4 is 5.78 Å². The Balaban J connectivity index is 2.33. The van der Waals surface area contributed by atoms with Crippen LogP contribution in [0.5, 0.6) is 0 Å². The van der Waals surface area contributed by atoms with Crippen LogP contribution in [-0.2, 0) is 4.79 Å². The predicted octanol–water partition coefficient (Wildman–Crippen LogP) is 3.50. The third-order valence-corrected chi connectivity index (χ3v) is 4.58. The standard InChI is InChI=1S/C15H29NO/c1-5-12(3)15(17)11-16(4)14-9-7-13(6-2)8-10-14/h12-14H,5-11H2,1-4H3. The summed E-state index contributed by atoms with van der Waals surface area (Å²) in [5.41, 5.74) is 0. The number of hydrogen-bond acceptors (Lipinski definition) is 2. The van der Waals surface area contributed by atoms with E-state index in [1.807, 2.05) is 6.92 Å². The van der Waals surface area contributed by atoms with Gasteiger partial charge in [-0.3, -0.25) is 9.69 Å². The Morgan fingerprint density at radius 3 is 2.29 bits per heavy atom. The molecule has 1 fully saturated rings. The number of Topliss-reactive ketones (excluding diaryl/α,β-unsaturated/α-hetero) is 1. The molecule has 2 heteroatoms. The monoisotopic (exact) mass is 239 g/mol. The van der Waals surface area contributed by atoms with Crippen LogP contribution >= 0.6 is 0 Å². The number of ketones is 1. The molecule has 2 nitrogen and oxygen atoms in total. The molecule has 1 rings (SSSR count). The van der Waals surface area contributed by atoms with Gasteiger partial charge in [-0.05, 0) is 45.1 Å². The number of nitrogens with zero attached hydrogens (tertiary/aromatic N) is 1. The largest absolute Gasteiger partial charge is 0.298 e. The minimum atomic E-state index is 0.226. The summed E-state index contributed by atoms with van der Waals surface area (Å²) in [6.45, 7) is 7.08. The number of rotatable bonds is 6. The van der Waals surface area contributed by atoms with Crippen molar-refractivity contribution in [1.82, 2.24) is 4.90 Å². The maximum absolute atomic E-state index is 11.9. The molecular formula is C15H29NO. The highest BCUT2D eigenvalue weighted by Gasteiger charge is 2.24. The molecule has 1 aliphatic carbocycles. The minimum Gasteiger partial charge on any atom is -0.298 e. The van der Waals surface area contributed by atoms with Gasteiger partial charge in [0, 0.05) is 12.0 Å². The first-order valence-electron chi connectivity index (χ1n) is 7.31. The van der Waals surface area contributed by atoms with E-state index in [4.69, 9.17) is 0 Å². The van der Waals surface area contributed by atoms with Crippen LogP contribution in [0.25, 0.3) is 0 Å². The molecule has 17 heavy (non-hydrogen) atoms. The summed E-state index contributed by atoms with van der Waals surface area (Å²) in [6, 6.07) is 0.644. The van der Waals surface area contributed by atoms with Gasteiger partial charge in [0.15, 0.2) is 0 Å². The molecule has 0 bridgehead atoms. The van der Waals surface area contributed by atoms with E-state index >= 15 is 0 Å². The SMILES string of the molecule is CCC1CCC(N(C)CC(=O)C(C)CC)CC1. The first kappa shape index (κ1) is 14.7. The van der Waals surface area contributed by atoms with E-state index in [0.717, 1.165) is 12.3 Å². The summed E-state index contributed by atoms with van der Waals surface area (Å²) in [7, 11) is 2.12. The van der Waals surface area contributed by atoms with Gasteiger partial charge < -0.3 is 0 Å². The molecular weight excluding hydrogens is 210 g/mol. The Morgan fingerprint density at radius 1 is 1.24 bits per heavy atom. The van der Waals surface area contributed by atoms with Gasteiger partial charge in [-0.2, -0.15) is 0 Å². The lowest BCUT2D eigenvalue weighted by molar-refractivity contribution is -0.124. The van der Waals surface area contributed by atoms with Crippen LogP contribution in [-0.4, -0.2) is 30.3 Å². The first-order valence-corrected chi connectivity index (χ1v) is 7.31. The van der Waals surface area contributed by atoms with Gasteiger partial charge in [-0.25, -0.2) is 0 Å². The van der Waals surface area contributed by atoms with E-state index in [0.29, 0.717) is 18.4 Å². The van der Waals surface area contributed by atoms with Crippen molar-refractivity contribution in [2.24, 2.45) is 11.8 Å². The zero-order chi connectivity index (χ0) is 12.8. The van der Waals surface area contributed by atoms with Gasteiger partial charge in [-0.1, -0.05) is 27.2 Å². The summed E-state index contributed by atoms with van der Waals surface area (Å²) < 4.78 is 0. The molecule has 0 N–H and O–H groups in total. The maximum atomic E-state index is 11.9. The highest BCUT2D eigenvalue weighted by molar-refractivity contribution is 5.82. The summed E-state index contributed by atoms with van der Waals surface area (Å²) in [4.78, 5) is 14.2. The summed E-state index contributed by atoms with van der Waals surface area (Å²) in [6.07, 6.45) is 7.55. The van der Waals surface area contributed by atoms with E-state index in [-0.39, 0.29) is 5.92 Å². The van der Waals surface area contributed by atoms with Gasteiger partial charge in [0.1, 0.15) is 5.78 Å². The average Bonchev–Trinajstić information content (AvgIpc) is 2.37. The molecule has 1 aliphatic rings. The second-order valence-electron chi connectivity index (χ2n) is 5.77. The normalized spacial score (nSPS) is 27.1. The van der Waals surface area contributed by atoms with Crippen molar-refractivity contribution < 1.29 is 4.79 Å². The second kappa shape index (κ2) is 7.15. The maximum Gasteiger partial charge on any atom is 0.149 e. The van der Waals surface area contributed by atoms with Crippen LogP contribution < -0.4 is 0 Å². The molecule has 0 saturated heterocycles. The van der Waals surface area contributed by atoms with Crippen LogP contribution in [0.1, 0.15) is 59.3 Å². The summed E-state index contributed by atoms with van der Waals surface area (Å²) in [5.74, 6) is 1.57. The van der Waals surface area contributed by atoms with E-state index in [1.54, 1.807) is 0 Å². The lowest BCUT2D eigenvalue weighted by Gasteiger charge is -2.34. The third-order valence-electron chi connectivity index (χ3n) is 4.58. The van der Waals surface area contributed by atoms with Crippen molar-refractivity contribution in [3.05, 3.63) is 0 Å². The number of hydrogen-bond donors (Lipinski definition) is 0. The first-order chi connectivity index (χ1) is 8.08. The fourth-order valence-electron chi connectivity index (χ4n) is 2.75. The topological polar surface area (TPSA) is 20.3 Å². The van der Waals surface area contributed by atoms with E-state index < -0.39 is 0 Å². The number of carbonyl (C=O) groups is 1. The molecule has 0 heterocycles. The molecule has 1 atom stereocenters. The second-order valence-corrected chi connectivity index (χ2v) is 5.77. The predicted molar refractivity (Wildman–Crippen MR) is 73.1 cm³/mol. The molecule has 1 unspecified atom stereocenters. The van der Waals surface area contributed by atoms with Gasteiger partial charge in [0.2, 0.25) is 0 Å². The van der Waals surface area contributed by atoms with Crippen molar-refractivity contribution in [1.29, 1.82) is 0 Å². The highest BCUT2D eigenvalue weighted by atomic mass is 16.1. The zero-order valence-electron chi connectivity index (χ0n) is 12.0. The zero-order valence-corrected chi connectivity index (χ0v) is 12.0. The third kappa shape index (κ3) is 4.42. The Kier molecular flexibility index (Phi) is 6.18. The minimum absolute atomic E-state index is 0.226. The fourth-order valence-corrected chi connectivity index (χ4v) is 2.75. The fraction of sp³-hybridized carbons (Fsp3) is 0.933. The molecule has 0 radical (unpaired) electrons. The Morgan fingerprint density at radius 2 is 1.82 bits per heavy atom. The van der Waals surface area contributed by atoms with Gasteiger partial charge in [-0.15, -0.1) is 0 Å². The van der Waals surface area contributed by atoms with Crippen LogP contribution in [0, 0.1) is 11.8 Å². The molecule has 0 aromatic rings.